The van der Waals surface area contributed by atoms with Crippen molar-refractivity contribution in [3.05, 3.63) is 53.3 Å². The molecule has 0 saturated heterocycles. The first-order valence-corrected chi connectivity index (χ1v) is 5.96. The minimum absolute atomic E-state index is 0.0852. The molecule has 0 radical (unpaired) electrons. The zero-order valence-electron chi connectivity index (χ0n) is 11.1. The van der Waals surface area contributed by atoms with E-state index < -0.39 is 11.7 Å². The number of carbonyl (C=O) groups excluding carboxylic acids is 1. The van der Waals surface area contributed by atoms with Crippen molar-refractivity contribution >= 4 is 11.6 Å². The third-order valence-corrected chi connectivity index (χ3v) is 2.87. The van der Waals surface area contributed by atoms with Gasteiger partial charge >= 0.3 is 0 Å². The predicted octanol–water partition coefficient (Wildman–Crippen LogP) is 3.10. The van der Waals surface area contributed by atoms with Gasteiger partial charge in [0.15, 0.2) is 11.6 Å². The van der Waals surface area contributed by atoms with Gasteiger partial charge in [0.05, 0.1) is 7.11 Å². The first kappa shape index (κ1) is 13.9. The minimum Gasteiger partial charge on any atom is -0.508 e. The molecule has 2 rings (SSSR count). The van der Waals surface area contributed by atoms with E-state index in [4.69, 9.17) is 4.74 Å². The second-order valence-electron chi connectivity index (χ2n) is 4.30. The number of rotatable bonds is 3. The molecule has 0 aliphatic heterocycles. The van der Waals surface area contributed by atoms with Crippen LogP contribution < -0.4 is 10.1 Å². The van der Waals surface area contributed by atoms with E-state index in [9.17, 15) is 14.3 Å². The van der Waals surface area contributed by atoms with Gasteiger partial charge in [0, 0.05) is 11.3 Å². The maximum atomic E-state index is 13.5. The second kappa shape index (κ2) is 5.61. The summed E-state index contributed by atoms with van der Waals surface area (Å²) in [4.78, 5) is 12.0. The fourth-order valence-electron chi connectivity index (χ4n) is 1.74. The Hall–Kier alpha value is -2.56. The number of aromatic hydroxyl groups is 1. The van der Waals surface area contributed by atoms with Crippen molar-refractivity contribution in [3.63, 3.8) is 0 Å². The first-order valence-electron chi connectivity index (χ1n) is 5.96. The Bertz CT molecular complexity index is 656. The molecule has 0 spiro atoms. The van der Waals surface area contributed by atoms with Gasteiger partial charge in [-0.1, -0.05) is 0 Å². The summed E-state index contributed by atoms with van der Waals surface area (Å²) in [6, 6.07) is 8.67. The maximum Gasteiger partial charge on any atom is 0.255 e. The molecule has 0 unspecified atom stereocenters. The van der Waals surface area contributed by atoms with Crippen molar-refractivity contribution in [1.82, 2.24) is 0 Å². The predicted molar refractivity (Wildman–Crippen MR) is 73.7 cm³/mol. The van der Waals surface area contributed by atoms with Gasteiger partial charge in [0.2, 0.25) is 0 Å². The number of phenols is 1. The highest BCUT2D eigenvalue weighted by molar-refractivity contribution is 6.04. The molecule has 5 heteroatoms. The van der Waals surface area contributed by atoms with E-state index in [-0.39, 0.29) is 17.1 Å². The summed E-state index contributed by atoms with van der Waals surface area (Å²) in [6.07, 6.45) is 0. The third kappa shape index (κ3) is 2.88. The molecule has 0 aliphatic rings. The summed E-state index contributed by atoms with van der Waals surface area (Å²) < 4.78 is 18.3. The van der Waals surface area contributed by atoms with Gasteiger partial charge < -0.3 is 15.2 Å². The van der Waals surface area contributed by atoms with E-state index in [1.54, 1.807) is 19.1 Å². The third-order valence-electron chi connectivity index (χ3n) is 2.87. The number of ether oxygens (including phenoxy) is 1. The number of hydrogen-bond donors (Lipinski definition) is 2. The fraction of sp³-hybridized carbons (Fsp3) is 0.133. The molecular weight excluding hydrogens is 261 g/mol. The average Bonchev–Trinajstić information content (AvgIpc) is 2.42. The van der Waals surface area contributed by atoms with E-state index in [2.05, 4.69) is 5.32 Å². The van der Waals surface area contributed by atoms with Gasteiger partial charge in [-0.25, -0.2) is 4.39 Å². The Morgan fingerprint density at radius 3 is 2.60 bits per heavy atom. The van der Waals surface area contributed by atoms with Crippen LogP contribution in [-0.2, 0) is 0 Å². The van der Waals surface area contributed by atoms with Crippen LogP contribution in [0.2, 0.25) is 0 Å². The maximum absolute atomic E-state index is 13.5. The lowest BCUT2D eigenvalue weighted by atomic mass is 10.1. The lowest BCUT2D eigenvalue weighted by molar-refractivity contribution is 0.102. The zero-order valence-corrected chi connectivity index (χ0v) is 11.1. The van der Waals surface area contributed by atoms with Gasteiger partial charge in [0.25, 0.3) is 5.91 Å². The van der Waals surface area contributed by atoms with E-state index in [1.807, 2.05) is 0 Å². The van der Waals surface area contributed by atoms with E-state index in [0.29, 0.717) is 11.3 Å². The normalized spacial score (nSPS) is 10.2. The van der Waals surface area contributed by atoms with Gasteiger partial charge in [-0.15, -0.1) is 0 Å². The zero-order chi connectivity index (χ0) is 14.7. The number of amides is 1. The number of aryl methyl sites for hydroxylation is 1. The first-order chi connectivity index (χ1) is 9.51. The Morgan fingerprint density at radius 2 is 2.00 bits per heavy atom. The Balaban J connectivity index is 2.19. The summed E-state index contributed by atoms with van der Waals surface area (Å²) in [5.74, 6) is -0.792. The smallest absolute Gasteiger partial charge is 0.255 e. The number of benzene rings is 2. The summed E-state index contributed by atoms with van der Waals surface area (Å²) in [7, 11) is 1.36. The molecule has 104 valence electrons. The Kier molecular flexibility index (Phi) is 3.89. The van der Waals surface area contributed by atoms with Crippen molar-refractivity contribution in [1.29, 1.82) is 0 Å². The van der Waals surface area contributed by atoms with E-state index in [1.165, 1.54) is 25.3 Å². The molecule has 0 fully saturated rings. The number of nitrogens with one attached hydrogen (secondary N) is 1. The number of anilines is 1. The van der Waals surface area contributed by atoms with Crippen LogP contribution in [0.15, 0.2) is 36.4 Å². The standard InChI is InChI=1S/C15H14FNO3/c1-9-7-11(4-5-13(9)18)17-15(19)10-3-6-14(20-2)12(16)8-10/h3-8,18H,1-2H3,(H,17,19). The fourth-order valence-corrected chi connectivity index (χ4v) is 1.74. The lowest BCUT2D eigenvalue weighted by Crippen LogP contribution is -2.12. The van der Waals surface area contributed by atoms with Gasteiger partial charge in [-0.3, -0.25) is 4.79 Å². The van der Waals surface area contributed by atoms with Crippen LogP contribution >= 0.6 is 0 Å². The highest BCUT2D eigenvalue weighted by Crippen LogP contribution is 2.22. The molecule has 2 aromatic rings. The number of hydrogen-bond acceptors (Lipinski definition) is 3. The summed E-state index contributed by atoms with van der Waals surface area (Å²) in [5.41, 5.74) is 1.36. The number of carbonyl (C=O) groups is 1. The van der Waals surface area contributed by atoms with E-state index in [0.717, 1.165) is 6.07 Å². The highest BCUT2D eigenvalue weighted by atomic mass is 19.1. The minimum atomic E-state index is -0.595. The Morgan fingerprint density at radius 1 is 1.25 bits per heavy atom. The van der Waals surface area contributed by atoms with Crippen molar-refractivity contribution in [2.45, 2.75) is 6.92 Å². The molecule has 2 aromatic carbocycles. The molecule has 0 heterocycles. The molecule has 0 aliphatic carbocycles. The molecule has 1 amide bonds. The second-order valence-corrected chi connectivity index (χ2v) is 4.30. The number of halogens is 1. The molecule has 2 N–H and O–H groups in total. The Labute approximate surface area is 115 Å². The monoisotopic (exact) mass is 275 g/mol. The van der Waals surface area contributed by atoms with Gasteiger partial charge in [-0.05, 0) is 48.9 Å². The van der Waals surface area contributed by atoms with Crippen LogP contribution in [0.4, 0.5) is 10.1 Å². The van der Waals surface area contributed by atoms with Crippen LogP contribution in [0.1, 0.15) is 15.9 Å². The topological polar surface area (TPSA) is 58.6 Å². The van der Waals surface area contributed by atoms with Gasteiger partial charge in [0.1, 0.15) is 5.75 Å². The molecule has 20 heavy (non-hydrogen) atoms. The van der Waals surface area contributed by atoms with Crippen LogP contribution in [0.3, 0.4) is 0 Å². The molecule has 0 saturated carbocycles. The van der Waals surface area contributed by atoms with Crippen molar-refractivity contribution in [2.75, 3.05) is 12.4 Å². The largest absolute Gasteiger partial charge is 0.508 e. The van der Waals surface area contributed by atoms with Gasteiger partial charge in [-0.2, -0.15) is 0 Å². The summed E-state index contributed by atoms with van der Waals surface area (Å²) in [6.45, 7) is 1.72. The number of methoxy groups -OCH3 is 1. The molecule has 4 nitrogen and oxygen atoms in total. The summed E-state index contributed by atoms with van der Waals surface area (Å²) in [5, 5.41) is 12.0. The van der Waals surface area contributed by atoms with Crippen molar-refractivity contribution in [3.8, 4) is 11.5 Å². The van der Waals surface area contributed by atoms with Crippen LogP contribution in [-0.4, -0.2) is 18.1 Å². The lowest BCUT2D eigenvalue weighted by Gasteiger charge is -2.08. The molecular formula is C15H14FNO3. The van der Waals surface area contributed by atoms with E-state index >= 15 is 0 Å². The number of phenolic OH excluding ortho intramolecular Hbond substituents is 1. The SMILES string of the molecule is COc1ccc(C(=O)Nc2ccc(O)c(C)c2)cc1F. The highest BCUT2D eigenvalue weighted by Gasteiger charge is 2.10. The quantitative estimate of drug-likeness (QED) is 0.846. The van der Waals surface area contributed by atoms with Crippen LogP contribution in [0, 0.1) is 12.7 Å². The van der Waals surface area contributed by atoms with Crippen molar-refractivity contribution in [2.24, 2.45) is 0 Å². The molecule has 0 bridgehead atoms. The van der Waals surface area contributed by atoms with Crippen molar-refractivity contribution < 1.29 is 19.0 Å². The average molecular weight is 275 g/mol. The molecule has 0 aromatic heterocycles. The van der Waals surface area contributed by atoms with Crippen LogP contribution in [0.5, 0.6) is 11.5 Å². The molecule has 0 atom stereocenters. The summed E-state index contributed by atoms with van der Waals surface area (Å²) >= 11 is 0. The van der Waals surface area contributed by atoms with Crippen LogP contribution in [0.25, 0.3) is 0 Å².